The van der Waals surface area contributed by atoms with Gasteiger partial charge in [-0.1, -0.05) is 6.92 Å². The highest BCUT2D eigenvalue weighted by Crippen LogP contribution is 2.35. The number of nitrogens with zero attached hydrogens (tertiary/aromatic N) is 1. The number of hydrogen-bond acceptors (Lipinski definition) is 3. The molecule has 1 rings (SSSR count). The Morgan fingerprint density at radius 1 is 1.47 bits per heavy atom. The average Bonchev–Trinajstić information content (AvgIpc) is 2.72. The topological polar surface area (TPSA) is 86.7 Å². The van der Waals surface area contributed by atoms with E-state index in [4.69, 9.17) is 5.11 Å². The van der Waals surface area contributed by atoms with Crippen molar-refractivity contribution in [2.75, 3.05) is 19.6 Å². The van der Waals surface area contributed by atoms with Crippen LogP contribution >= 0.6 is 0 Å². The molecule has 19 heavy (non-hydrogen) atoms. The molecule has 0 radical (unpaired) electrons. The quantitative estimate of drug-likeness (QED) is 0.777. The molecule has 10 heteroatoms. The van der Waals surface area contributed by atoms with E-state index in [0.29, 0.717) is 0 Å². The first-order valence-corrected chi connectivity index (χ1v) is 7.01. The van der Waals surface area contributed by atoms with Crippen molar-refractivity contribution in [3.05, 3.63) is 0 Å². The van der Waals surface area contributed by atoms with E-state index in [1.165, 1.54) is 4.72 Å². The van der Waals surface area contributed by atoms with Gasteiger partial charge in [0.25, 0.3) is 10.2 Å². The van der Waals surface area contributed by atoms with Gasteiger partial charge in [0.2, 0.25) is 0 Å². The van der Waals surface area contributed by atoms with Crippen molar-refractivity contribution in [2.24, 2.45) is 5.41 Å². The molecule has 1 unspecified atom stereocenters. The fraction of sp³-hybridized carbons (Fsp3) is 0.889. The molecule has 1 saturated heterocycles. The molecule has 0 saturated carbocycles. The van der Waals surface area contributed by atoms with Crippen LogP contribution in [-0.2, 0) is 15.0 Å². The maximum atomic E-state index is 12.0. The molecule has 1 aliphatic heterocycles. The minimum atomic E-state index is -4.65. The monoisotopic (exact) mass is 304 g/mol. The van der Waals surface area contributed by atoms with Gasteiger partial charge in [0.15, 0.2) is 0 Å². The summed E-state index contributed by atoms with van der Waals surface area (Å²) in [7, 11) is -4.31. The molecule has 1 aliphatic rings. The molecule has 6 nitrogen and oxygen atoms in total. The van der Waals surface area contributed by atoms with Crippen LogP contribution in [0.15, 0.2) is 0 Å². The molecule has 0 spiro atoms. The van der Waals surface area contributed by atoms with E-state index >= 15 is 0 Å². The molecule has 1 fully saturated rings. The SMILES string of the molecule is CCC1(C(=O)O)CCN(S(=O)(=O)NCC(F)(F)F)C1. The van der Waals surface area contributed by atoms with Crippen LogP contribution in [0.5, 0.6) is 0 Å². The predicted molar refractivity (Wildman–Crippen MR) is 59.5 cm³/mol. The van der Waals surface area contributed by atoms with Crippen LogP contribution in [0.1, 0.15) is 19.8 Å². The van der Waals surface area contributed by atoms with Gasteiger partial charge in [-0.2, -0.15) is 30.6 Å². The van der Waals surface area contributed by atoms with E-state index in [9.17, 15) is 26.4 Å². The van der Waals surface area contributed by atoms with Crippen molar-refractivity contribution in [3.63, 3.8) is 0 Å². The van der Waals surface area contributed by atoms with E-state index in [2.05, 4.69) is 0 Å². The molecule has 0 aliphatic carbocycles. The highest BCUT2D eigenvalue weighted by molar-refractivity contribution is 7.87. The number of nitrogens with one attached hydrogen (secondary N) is 1. The van der Waals surface area contributed by atoms with Crippen LogP contribution in [0.2, 0.25) is 0 Å². The standard InChI is InChI=1S/C9H15F3N2O4S/c1-2-8(7(15)16)3-4-14(6-8)19(17,18)13-5-9(10,11)12/h13H,2-6H2,1H3,(H,15,16). The largest absolute Gasteiger partial charge is 0.481 e. The van der Waals surface area contributed by atoms with Crippen LogP contribution in [-0.4, -0.2) is 49.6 Å². The highest BCUT2D eigenvalue weighted by Gasteiger charge is 2.47. The molecule has 112 valence electrons. The lowest BCUT2D eigenvalue weighted by Gasteiger charge is -2.23. The van der Waals surface area contributed by atoms with E-state index in [1.54, 1.807) is 6.92 Å². The zero-order valence-corrected chi connectivity index (χ0v) is 11.0. The Hall–Kier alpha value is -0.870. The maximum absolute atomic E-state index is 12.0. The molecule has 0 aromatic carbocycles. The Morgan fingerprint density at radius 3 is 2.42 bits per heavy atom. The number of hydrogen-bond donors (Lipinski definition) is 2. The number of carboxylic acids is 1. The molecular weight excluding hydrogens is 289 g/mol. The normalized spacial score (nSPS) is 25.7. The average molecular weight is 304 g/mol. The van der Waals surface area contributed by atoms with Crippen LogP contribution in [0.4, 0.5) is 13.2 Å². The number of carbonyl (C=O) groups is 1. The molecule has 0 aromatic rings. The first kappa shape index (κ1) is 16.2. The Balaban J connectivity index is 2.75. The van der Waals surface area contributed by atoms with Gasteiger partial charge in [-0.05, 0) is 12.8 Å². The lowest BCUT2D eigenvalue weighted by molar-refractivity contribution is -0.148. The maximum Gasteiger partial charge on any atom is 0.402 e. The van der Waals surface area contributed by atoms with Crippen LogP contribution in [0.25, 0.3) is 0 Å². The van der Waals surface area contributed by atoms with Crippen molar-refractivity contribution in [1.82, 2.24) is 9.03 Å². The first-order chi connectivity index (χ1) is 8.52. The lowest BCUT2D eigenvalue weighted by atomic mass is 9.85. The molecule has 0 bridgehead atoms. The molecule has 1 atom stereocenters. The Bertz CT molecular complexity index is 451. The second-order valence-corrected chi connectivity index (χ2v) is 6.22. The Morgan fingerprint density at radius 2 is 2.05 bits per heavy atom. The summed E-state index contributed by atoms with van der Waals surface area (Å²) in [5.41, 5.74) is -1.22. The van der Waals surface area contributed by atoms with Gasteiger partial charge in [-0.3, -0.25) is 4.79 Å². The number of carboxylic acid groups (broad SMARTS) is 1. The van der Waals surface area contributed by atoms with Gasteiger partial charge < -0.3 is 5.11 Å². The van der Waals surface area contributed by atoms with Crippen molar-refractivity contribution in [2.45, 2.75) is 25.9 Å². The fourth-order valence-corrected chi connectivity index (χ4v) is 3.20. The van der Waals surface area contributed by atoms with Crippen molar-refractivity contribution < 1.29 is 31.5 Å². The van der Waals surface area contributed by atoms with Gasteiger partial charge in [0.1, 0.15) is 6.54 Å². The van der Waals surface area contributed by atoms with E-state index in [0.717, 1.165) is 4.31 Å². The summed E-state index contributed by atoms with van der Waals surface area (Å²) in [6.45, 7) is -0.481. The zero-order valence-electron chi connectivity index (χ0n) is 10.2. The van der Waals surface area contributed by atoms with E-state index in [-0.39, 0.29) is 25.9 Å². The van der Waals surface area contributed by atoms with Gasteiger partial charge in [0, 0.05) is 13.1 Å². The number of alkyl halides is 3. The minimum absolute atomic E-state index is 0.0890. The first-order valence-electron chi connectivity index (χ1n) is 5.57. The molecule has 2 N–H and O–H groups in total. The summed E-state index contributed by atoms with van der Waals surface area (Å²) in [6.07, 6.45) is -4.35. The van der Waals surface area contributed by atoms with Crippen molar-refractivity contribution in [3.8, 4) is 0 Å². The van der Waals surface area contributed by atoms with Gasteiger partial charge in [-0.15, -0.1) is 0 Å². The fourth-order valence-electron chi connectivity index (χ4n) is 1.92. The van der Waals surface area contributed by atoms with Crippen molar-refractivity contribution >= 4 is 16.2 Å². The highest BCUT2D eigenvalue weighted by atomic mass is 32.2. The lowest BCUT2D eigenvalue weighted by Crippen LogP contribution is -2.45. The summed E-state index contributed by atoms with van der Waals surface area (Å²) in [4.78, 5) is 11.1. The Kier molecular flexibility index (Phi) is 4.47. The third kappa shape index (κ3) is 3.80. The number of rotatable bonds is 5. The molecule has 0 aromatic heterocycles. The number of aliphatic carboxylic acids is 1. The molecule has 1 heterocycles. The zero-order chi connectivity index (χ0) is 14.9. The van der Waals surface area contributed by atoms with Crippen LogP contribution < -0.4 is 4.72 Å². The molecular formula is C9H15F3N2O4S. The summed E-state index contributed by atoms with van der Waals surface area (Å²) >= 11 is 0. The van der Waals surface area contributed by atoms with Gasteiger partial charge in [-0.25, -0.2) is 0 Å². The second-order valence-electron chi connectivity index (χ2n) is 4.46. The second kappa shape index (κ2) is 5.25. The summed E-state index contributed by atoms with van der Waals surface area (Å²) < 4.78 is 61.4. The minimum Gasteiger partial charge on any atom is -0.481 e. The molecule has 0 amide bonds. The summed E-state index contributed by atoms with van der Waals surface area (Å²) in [5, 5.41) is 9.08. The van der Waals surface area contributed by atoms with Gasteiger partial charge >= 0.3 is 12.1 Å². The smallest absolute Gasteiger partial charge is 0.402 e. The van der Waals surface area contributed by atoms with Gasteiger partial charge in [0.05, 0.1) is 5.41 Å². The third-order valence-electron chi connectivity index (χ3n) is 3.24. The van der Waals surface area contributed by atoms with E-state index < -0.39 is 34.3 Å². The van der Waals surface area contributed by atoms with E-state index in [1.807, 2.05) is 0 Å². The summed E-state index contributed by atoms with van der Waals surface area (Å²) in [6, 6.07) is 0. The summed E-state index contributed by atoms with van der Waals surface area (Å²) in [5.74, 6) is -1.14. The number of halogens is 3. The van der Waals surface area contributed by atoms with Crippen molar-refractivity contribution in [1.29, 1.82) is 0 Å². The predicted octanol–water partition coefficient (Wildman–Crippen LogP) is 0.570. The Labute approximate surface area is 108 Å². The van der Waals surface area contributed by atoms with Crippen LogP contribution in [0, 0.1) is 5.41 Å². The third-order valence-corrected chi connectivity index (χ3v) is 4.74. The van der Waals surface area contributed by atoms with Crippen LogP contribution in [0.3, 0.4) is 0 Å².